The highest BCUT2D eigenvalue weighted by Gasteiger charge is 2.24. The maximum atomic E-state index is 11.8. The largest absolute Gasteiger partial charge is 0.340 e. The SMILES string of the molecule is C=CCNCC(=O)N1CCCC(NS(C)(=O)=O)C1. The van der Waals surface area contributed by atoms with Gasteiger partial charge in [0.15, 0.2) is 0 Å². The van der Waals surface area contributed by atoms with E-state index in [0.717, 1.165) is 19.1 Å². The van der Waals surface area contributed by atoms with Gasteiger partial charge in [-0.1, -0.05) is 6.08 Å². The van der Waals surface area contributed by atoms with Crippen molar-refractivity contribution in [1.29, 1.82) is 0 Å². The van der Waals surface area contributed by atoms with E-state index in [9.17, 15) is 13.2 Å². The number of sulfonamides is 1. The van der Waals surface area contributed by atoms with Gasteiger partial charge in [0.2, 0.25) is 15.9 Å². The van der Waals surface area contributed by atoms with Crippen molar-refractivity contribution >= 4 is 15.9 Å². The van der Waals surface area contributed by atoms with Crippen LogP contribution in [0.25, 0.3) is 0 Å². The highest BCUT2D eigenvalue weighted by atomic mass is 32.2. The lowest BCUT2D eigenvalue weighted by atomic mass is 10.1. The zero-order valence-electron chi connectivity index (χ0n) is 10.7. The van der Waals surface area contributed by atoms with Crippen LogP contribution in [-0.2, 0) is 14.8 Å². The molecule has 0 saturated carbocycles. The van der Waals surface area contributed by atoms with Crippen molar-refractivity contribution in [2.24, 2.45) is 0 Å². The van der Waals surface area contributed by atoms with Gasteiger partial charge in [-0.3, -0.25) is 4.79 Å². The van der Waals surface area contributed by atoms with Crippen LogP contribution in [0, 0.1) is 0 Å². The quantitative estimate of drug-likeness (QED) is 0.496. The number of nitrogens with one attached hydrogen (secondary N) is 2. The first-order valence-electron chi connectivity index (χ1n) is 5.99. The third-order valence-electron chi connectivity index (χ3n) is 2.72. The summed E-state index contributed by atoms with van der Waals surface area (Å²) >= 11 is 0. The Labute approximate surface area is 108 Å². The molecule has 104 valence electrons. The summed E-state index contributed by atoms with van der Waals surface area (Å²) in [6.07, 6.45) is 4.42. The molecule has 0 aliphatic carbocycles. The molecule has 1 saturated heterocycles. The molecular weight excluding hydrogens is 254 g/mol. The van der Waals surface area contributed by atoms with Crippen molar-refractivity contribution in [3.05, 3.63) is 12.7 Å². The summed E-state index contributed by atoms with van der Waals surface area (Å²) in [7, 11) is -3.21. The van der Waals surface area contributed by atoms with Gasteiger partial charge < -0.3 is 10.2 Å². The van der Waals surface area contributed by atoms with Gasteiger partial charge in [-0.15, -0.1) is 6.58 Å². The zero-order valence-corrected chi connectivity index (χ0v) is 11.5. The molecule has 0 spiro atoms. The fourth-order valence-corrected chi connectivity index (χ4v) is 2.79. The zero-order chi connectivity index (χ0) is 13.6. The molecular formula is C11H21N3O3S. The summed E-state index contributed by atoms with van der Waals surface area (Å²) in [5.74, 6) is -0.00292. The van der Waals surface area contributed by atoms with Crippen molar-refractivity contribution in [3.63, 3.8) is 0 Å². The smallest absolute Gasteiger partial charge is 0.236 e. The number of rotatable bonds is 6. The van der Waals surface area contributed by atoms with Gasteiger partial charge in [-0.25, -0.2) is 13.1 Å². The Balaban J connectivity index is 2.43. The standard InChI is InChI=1S/C11H21N3O3S/c1-3-6-12-8-11(15)14-7-4-5-10(9-14)13-18(2,16)17/h3,10,12-13H,1,4-9H2,2H3. The molecule has 0 bridgehead atoms. The van der Waals surface area contributed by atoms with Gasteiger partial charge in [0.1, 0.15) is 0 Å². The lowest BCUT2D eigenvalue weighted by Crippen LogP contribution is -2.51. The predicted molar refractivity (Wildman–Crippen MR) is 70.6 cm³/mol. The van der Waals surface area contributed by atoms with Crippen molar-refractivity contribution in [2.45, 2.75) is 18.9 Å². The normalized spacial score (nSPS) is 20.7. The van der Waals surface area contributed by atoms with E-state index < -0.39 is 10.0 Å². The molecule has 7 heteroatoms. The molecule has 1 fully saturated rings. The van der Waals surface area contributed by atoms with E-state index in [4.69, 9.17) is 0 Å². The van der Waals surface area contributed by atoms with Crippen LogP contribution in [0.2, 0.25) is 0 Å². The number of amides is 1. The molecule has 0 aromatic carbocycles. The molecule has 18 heavy (non-hydrogen) atoms. The van der Waals surface area contributed by atoms with E-state index >= 15 is 0 Å². The van der Waals surface area contributed by atoms with Crippen LogP contribution in [-0.4, -0.2) is 57.7 Å². The minimum atomic E-state index is -3.21. The highest BCUT2D eigenvalue weighted by Crippen LogP contribution is 2.10. The van der Waals surface area contributed by atoms with Crippen LogP contribution in [0.3, 0.4) is 0 Å². The number of piperidine rings is 1. The topological polar surface area (TPSA) is 78.5 Å². The first-order valence-corrected chi connectivity index (χ1v) is 7.88. The Kier molecular flexibility index (Phi) is 5.77. The van der Waals surface area contributed by atoms with Crippen LogP contribution < -0.4 is 10.0 Å². The average Bonchev–Trinajstić information content (AvgIpc) is 2.27. The van der Waals surface area contributed by atoms with Crippen molar-refractivity contribution in [1.82, 2.24) is 14.9 Å². The number of carbonyl (C=O) groups is 1. The number of nitrogens with zero attached hydrogens (tertiary/aromatic N) is 1. The minimum absolute atomic E-state index is 0.00292. The van der Waals surface area contributed by atoms with E-state index in [1.807, 2.05) is 0 Å². The van der Waals surface area contributed by atoms with E-state index in [1.165, 1.54) is 0 Å². The van der Waals surface area contributed by atoms with E-state index in [1.54, 1.807) is 11.0 Å². The second-order valence-electron chi connectivity index (χ2n) is 4.49. The lowest BCUT2D eigenvalue weighted by Gasteiger charge is -2.32. The van der Waals surface area contributed by atoms with E-state index in [-0.39, 0.29) is 18.5 Å². The molecule has 1 rings (SSSR count). The summed E-state index contributed by atoms with van der Waals surface area (Å²) in [5.41, 5.74) is 0. The molecule has 2 N–H and O–H groups in total. The molecule has 1 atom stereocenters. The Morgan fingerprint density at radius 2 is 2.28 bits per heavy atom. The van der Waals surface area contributed by atoms with Crippen LogP contribution in [0.1, 0.15) is 12.8 Å². The molecule has 1 aliphatic heterocycles. The third kappa shape index (κ3) is 5.61. The fourth-order valence-electron chi connectivity index (χ4n) is 2.00. The third-order valence-corrected chi connectivity index (χ3v) is 3.48. The molecule has 0 aromatic heterocycles. The van der Waals surface area contributed by atoms with Gasteiger partial charge in [0, 0.05) is 25.7 Å². The molecule has 1 amide bonds. The van der Waals surface area contributed by atoms with Crippen molar-refractivity contribution < 1.29 is 13.2 Å². The maximum Gasteiger partial charge on any atom is 0.236 e. The number of carbonyl (C=O) groups excluding carboxylic acids is 1. The van der Waals surface area contributed by atoms with Gasteiger partial charge >= 0.3 is 0 Å². The minimum Gasteiger partial charge on any atom is -0.340 e. The van der Waals surface area contributed by atoms with Crippen LogP contribution in [0.5, 0.6) is 0 Å². The van der Waals surface area contributed by atoms with E-state index in [0.29, 0.717) is 19.6 Å². The van der Waals surface area contributed by atoms with Crippen LogP contribution >= 0.6 is 0 Å². The summed E-state index contributed by atoms with van der Waals surface area (Å²) in [4.78, 5) is 13.5. The molecule has 1 aliphatic rings. The second kappa shape index (κ2) is 6.86. The Morgan fingerprint density at radius 3 is 2.89 bits per heavy atom. The van der Waals surface area contributed by atoms with Gasteiger partial charge in [-0.2, -0.15) is 0 Å². The van der Waals surface area contributed by atoms with E-state index in [2.05, 4.69) is 16.6 Å². The molecule has 0 aromatic rings. The predicted octanol–water partition coefficient (Wildman–Crippen LogP) is -0.698. The molecule has 6 nitrogen and oxygen atoms in total. The number of hydrogen-bond donors (Lipinski definition) is 2. The van der Waals surface area contributed by atoms with Crippen LogP contribution in [0.15, 0.2) is 12.7 Å². The lowest BCUT2D eigenvalue weighted by molar-refractivity contribution is -0.131. The van der Waals surface area contributed by atoms with Gasteiger partial charge in [0.25, 0.3) is 0 Å². The Hall–Kier alpha value is -0.920. The Morgan fingerprint density at radius 1 is 1.56 bits per heavy atom. The monoisotopic (exact) mass is 275 g/mol. The first kappa shape index (κ1) is 15.1. The van der Waals surface area contributed by atoms with Gasteiger partial charge in [-0.05, 0) is 12.8 Å². The summed E-state index contributed by atoms with van der Waals surface area (Å²) < 4.78 is 24.8. The number of hydrogen-bond acceptors (Lipinski definition) is 4. The summed E-state index contributed by atoms with van der Waals surface area (Å²) in [6.45, 7) is 5.54. The second-order valence-corrected chi connectivity index (χ2v) is 6.27. The summed E-state index contributed by atoms with van der Waals surface area (Å²) in [6, 6.07) is -0.169. The molecule has 1 unspecified atom stereocenters. The van der Waals surface area contributed by atoms with Crippen molar-refractivity contribution in [2.75, 3.05) is 32.4 Å². The highest BCUT2D eigenvalue weighted by molar-refractivity contribution is 7.88. The Bertz CT molecular complexity index is 394. The van der Waals surface area contributed by atoms with Gasteiger partial charge in [0.05, 0.1) is 12.8 Å². The molecule has 0 radical (unpaired) electrons. The first-order chi connectivity index (χ1) is 8.42. The number of likely N-dealkylation sites (tertiary alicyclic amines) is 1. The van der Waals surface area contributed by atoms with Crippen molar-refractivity contribution in [3.8, 4) is 0 Å². The maximum absolute atomic E-state index is 11.8. The summed E-state index contributed by atoms with van der Waals surface area (Å²) in [5, 5.41) is 2.95. The molecule has 1 heterocycles. The van der Waals surface area contributed by atoms with Crippen LogP contribution in [0.4, 0.5) is 0 Å². The fraction of sp³-hybridized carbons (Fsp3) is 0.727. The average molecular weight is 275 g/mol.